The molecule has 0 atom stereocenters. The lowest BCUT2D eigenvalue weighted by Gasteiger charge is -2.02. The molecule has 0 aliphatic heterocycles. The number of carbonyl (C=O) groups excluding carboxylic acids is 1. The van der Waals surface area contributed by atoms with Crippen LogP contribution in [-0.4, -0.2) is 21.0 Å². The molecule has 0 amide bonds. The summed E-state index contributed by atoms with van der Waals surface area (Å²) in [7, 11) is 0. The summed E-state index contributed by atoms with van der Waals surface area (Å²) in [5, 5.41) is 18.7. The van der Waals surface area contributed by atoms with Gasteiger partial charge in [0.15, 0.2) is 17.7 Å². The molecule has 0 radical (unpaired) electrons. The number of hydrogen-bond acceptors (Lipinski definition) is 4. The highest BCUT2D eigenvalue weighted by atomic mass is 16.3. The summed E-state index contributed by atoms with van der Waals surface area (Å²) in [6.07, 6.45) is 3.38. The number of phenolic OH excluding ortho intramolecular Hbond substituents is 2. The number of para-hydroxylation sites is 2. The number of aromatic hydroxyl groups is 2. The van der Waals surface area contributed by atoms with Crippen molar-refractivity contribution in [2.24, 2.45) is 0 Å². The van der Waals surface area contributed by atoms with E-state index in [0.717, 1.165) is 11.0 Å². The van der Waals surface area contributed by atoms with Gasteiger partial charge in [-0.25, -0.2) is 4.98 Å². The molecule has 3 rings (SSSR count). The molecule has 0 aliphatic carbocycles. The summed E-state index contributed by atoms with van der Waals surface area (Å²) in [5.41, 5.74) is 2.01. The Morgan fingerprint density at radius 2 is 1.90 bits per heavy atom. The summed E-state index contributed by atoms with van der Waals surface area (Å²) in [5.74, 6) is -0.703. The van der Waals surface area contributed by atoms with E-state index in [2.05, 4.69) is 4.98 Å². The van der Waals surface area contributed by atoms with Crippen molar-refractivity contribution in [1.82, 2.24) is 4.98 Å². The molecule has 0 bridgehead atoms. The number of fused-ring (bicyclic) bond motifs is 1. The second kappa shape index (κ2) is 5.20. The third kappa shape index (κ3) is 2.53. The quantitative estimate of drug-likeness (QED) is 0.436. The van der Waals surface area contributed by atoms with Crippen molar-refractivity contribution in [3.8, 4) is 11.5 Å². The van der Waals surface area contributed by atoms with Gasteiger partial charge in [-0.1, -0.05) is 12.1 Å². The monoisotopic (exact) mass is 281 g/mol. The number of hydrogen-bond donors (Lipinski definition) is 2. The Labute approximate surface area is 120 Å². The van der Waals surface area contributed by atoms with E-state index in [1.807, 2.05) is 24.3 Å². The average Bonchev–Trinajstić information content (AvgIpc) is 2.50. The number of phenols is 2. The van der Waals surface area contributed by atoms with Gasteiger partial charge in [-0.2, -0.15) is 4.57 Å². The number of benzene rings is 2. The van der Waals surface area contributed by atoms with Crippen molar-refractivity contribution >= 4 is 16.8 Å². The van der Waals surface area contributed by atoms with Crippen molar-refractivity contribution in [1.29, 1.82) is 0 Å². The zero-order valence-electron chi connectivity index (χ0n) is 11.1. The van der Waals surface area contributed by atoms with Crippen LogP contribution in [0, 0.1) is 0 Å². The van der Waals surface area contributed by atoms with Gasteiger partial charge < -0.3 is 10.2 Å². The summed E-state index contributed by atoms with van der Waals surface area (Å²) < 4.78 is 1.80. The van der Waals surface area contributed by atoms with Crippen molar-refractivity contribution in [3.63, 3.8) is 0 Å². The van der Waals surface area contributed by atoms with Crippen molar-refractivity contribution in [2.75, 3.05) is 0 Å². The first kappa shape index (κ1) is 13.1. The third-order valence-corrected chi connectivity index (χ3v) is 3.26. The van der Waals surface area contributed by atoms with E-state index in [9.17, 15) is 15.0 Å². The van der Waals surface area contributed by atoms with Gasteiger partial charge >= 0.3 is 0 Å². The van der Waals surface area contributed by atoms with Crippen LogP contribution in [0.15, 0.2) is 54.9 Å². The second-order valence-electron chi connectivity index (χ2n) is 4.67. The van der Waals surface area contributed by atoms with E-state index < -0.39 is 0 Å². The predicted molar refractivity (Wildman–Crippen MR) is 76.0 cm³/mol. The van der Waals surface area contributed by atoms with Gasteiger partial charge in [-0.3, -0.25) is 4.79 Å². The van der Waals surface area contributed by atoms with Crippen LogP contribution in [0.25, 0.3) is 11.0 Å². The molecule has 2 N–H and O–H groups in total. The maximum atomic E-state index is 12.3. The number of aromatic nitrogens is 2. The van der Waals surface area contributed by atoms with Crippen LogP contribution in [0.4, 0.5) is 0 Å². The minimum atomic E-state index is -0.301. The van der Waals surface area contributed by atoms with Crippen LogP contribution in [0.2, 0.25) is 0 Å². The molecule has 1 heterocycles. The van der Waals surface area contributed by atoms with Crippen molar-refractivity contribution < 1.29 is 19.6 Å². The zero-order valence-corrected chi connectivity index (χ0v) is 11.1. The molecule has 0 fully saturated rings. The molecule has 0 saturated carbocycles. The summed E-state index contributed by atoms with van der Waals surface area (Å²) in [4.78, 5) is 16.5. The Morgan fingerprint density at radius 3 is 2.71 bits per heavy atom. The van der Waals surface area contributed by atoms with Crippen LogP contribution in [0.1, 0.15) is 10.4 Å². The predicted octanol–water partition coefficient (Wildman–Crippen LogP) is 1.82. The average molecular weight is 281 g/mol. The standard InChI is InChI=1S/C16H12N2O3/c19-14-6-5-11(9-15(14)20)16(21)10-18-8-7-17-12-3-1-2-4-13(12)18/h1-9,17H,10H2/p+1. The fourth-order valence-corrected chi connectivity index (χ4v) is 2.17. The molecule has 104 valence electrons. The molecule has 0 saturated heterocycles. The number of nitrogens with zero attached hydrogens (tertiary/aromatic N) is 2. The molecule has 0 spiro atoms. The van der Waals surface area contributed by atoms with Crippen LogP contribution in [-0.2, 0) is 6.54 Å². The molecule has 0 unspecified atom stereocenters. The topological polar surface area (TPSA) is 74.3 Å². The molecule has 21 heavy (non-hydrogen) atoms. The largest absolute Gasteiger partial charge is 0.504 e. The van der Waals surface area contributed by atoms with E-state index in [4.69, 9.17) is 0 Å². The van der Waals surface area contributed by atoms with Crippen molar-refractivity contribution in [3.05, 3.63) is 60.4 Å². The molecular weight excluding hydrogens is 268 g/mol. The van der Waals surface area contributed by atoms with E-state index in [1.54, 1.807) is 17.0 Å². The summed E-state index contributed by atoms with van der Waals surface area (Å²) >= 11 is 0. The first-order valence-electron chi connectivity index (χ1n) is 6.43. The third-order valence-electron chi connectivity index (χ3n) is 3.26. The molecule has 3 aromatic rings. The van der Waals surface area contributed by atoms with Crippen LogP contribution >= 0.6 is 0 Å². The van der Waals surface area contributed by atoms with E-state index in [-0.39, 0.29) is 23.8 Å². The highest BCUT2D eigenvalue weighted by Crippen LogP contribution is 2.25. The minimum absolute atomic E-state index is 0.132. The Kier molecular flexibility index (Phi) is 3.23. The molecular formula is C16H13N2O3+. The van der Waals surface area contributed by atoms with Crippen molar-refractivity contribution in [2.45, 2.75) is 6.54 Å². The molecule has 5 nitrogen and oxygen atoms in total. The number of ketones is 1. The number of carbonyl (C=O) groups is 1. The van der Waals surface area contributed by atoms with E-state index in [0.29, 0.717) is 5.56 Å². The van der Waals surface area contributed by atoms with Crippen LogP contribution in [0.3, 0.4) is 0 Å². The minimum Gasteiger partial charge on any atom is -0.504 e. The lowest BCUT2D eigenvalue weighted by atomic mass is 10.1. The summed E-state index contributed by atoms with van der Waals surface area (Å²) in [6.45, 7) is 0.132. The number of rotatable bonds is 3. The van der Waals surface area contributed by atoms with Crippen LogP contribution in [0.5, 0.6) is 11.5 Å². The van der Waals surface area contributed by atoms with Gasteiger partial charge in [0.05, 0.1) is 6.20 Å². The fraction of sp³-hybridized carbons (Fsp3) is 0.0625. The highest BCUT2D eigenvalue weighted by Gasteiger charge is 2.16. The Bertz CT molecular complexity index is 825. The van der Waals surface area contributed by atoms with E-state index in [1.165, 1.54) is 18.2 Å². The summed E-state index contributed by atoms with van der Waals surface area (Å²) in [6, 6.07) is 11.6. The SMILES string of the molecule is O=C(C[n+]1ccnc2ccccc21)c1ccc(O)c(O)c1. The lowest BCUT2D eigenvalue weighted by Crippen LogP contribution is -2.38. The Hall–Kier alpha value is -2.95. The zero-order chi connectivity index (χ0) is 14.8. The van der Waals surface area contributed by atoms with Crippen LogP contribution < -0.4 is 4.57 Å². The first-order valence-corrected chi connectivity index (χ1v) is 6.43. The molecule has 0 aliphatic rings. The first-order chi connectivity index (χ1) is 10.1. The fourth-order valence-electron chi connectivity index (χ4n) is 2.17. The number of Topliss-reactive ketones (excluding diaryl/α,β-unsaturated/α-hetero) is 1. The van der Waals surface area contributed by atoms with Gasteiger partial charge in [-0.05, 0) is 24.3 Å². The van der Waals surface area contributed by atoms with Gasteiger partial charge in [0.25, 0.3) is 0 Å². The molecule has 5 heteroatoms. The molecule has 1 aromatic heterocycles. The normalized spacial score (nSPS) is 10.7. The van der Waals surface area contributed by atoms with Gasteiger partial charge in [0.2, 0.25) is 17.8 Å². The van der Waals surface area contributed by atoms with Gasteiger partial charge in [0.1, 0.15) is 5.52 Å². The molecule has 2 aromatic carbocycles. The van der Waals surface area contributed by atoms with Gasteiger partial charge in [0, 0.05) is 11.6 Å². The lowest BCUT2D eigenvalue weighted by molar-refractivity contribution is -0.657. The van der Waals surface area contributed by atoms with Gasteiger partial charge in [-0.15, -0.1) is 0 Å². The maximum absolute atomic E-state index is 12.3. The highest BCUT2D eigenvalue weighted by molar-refractivity contribution is 5.95. The Balaban J connectivity index is 1.94. The Morgan fingerprint density at radius 1 is 1.10 bits per heavy atom. The van der Waals surface area contributed by atoms with E-state index >= 15 is 0 Å². The second-order valence-corrected chi connectivity index (χ2v) is 4.67. The smallest absolute Gasteiger partial charge is 0.231 e. The maximum Gasteiger partial charge on any atom is 0.231 e.